The number of hydrogen-bond acceptors (Lipinski definition) is 6. The van der Waals surface area contributed by atoms with Gasteiger partial charge in [-0.2, -0.15) is 11.3 Å². The zero-order chi connectivity index (χ0) is 9.97. The van der Waals surface area contributed by atoms with Gasteiger partial charge in [0.2, 0.25) is 5.13 Å². The Morgan fingerprint density at radius 1 is 1.50 bits per heavy atom. The first-order valence-electron chi connectivity index (χ1n) is 3.45. The molecule has 0 unspecified atom stereocenters. The molecular weight excluding hydrogens is 288 g/mol. The van der Waals surface area contributed by atoms with Crippen molar-refractivity contribution in [3.63, 3.8) is 0 Å². The summed E-state index contributed by atoms with van der Waals surface area (Å²) in [5.74, 6) is -0.211. The Morgan fingerprint density at radius 2 is 2.36 bits per heavy atom. The maximum absolute atomic E-state index is 11.6. The van der Waals surface area contributed by atoms with Gasteiger partial charge in [-0.3, -0.25) is 10.1 Å². The maximum Gasteiger partial charge on any atom is 0.259 e. The van der Waals surface area contributed by atoms with Crippen molar-refractivity contribution in [2.75, 3.05) is 5.32 Å². The van der Waals surface area contributed by atoms with Crippen LogP contribution in [0.1, 0.15) is 10.4 Å². The summed E-state index contributed by atoms with van der Waals surface area (Å²) in [4.78, 5) is 11.6. The van der Waals surface area contributed by atoms with E-state index in [4.69, 9.17) is 0 Å². The van der Waals surface area contributed by atoms with Crippen molar-refractivity contribution < 1.29 is 4.79 Å². The molecule has 0 aliphatic carbocycles. The molecule has 8 heteroatoms. The second kappa shape index (κ2) is 4.11. The summed E-state index contributed by atoms with van der Waals surface area (Å²) in [6.45, 7) is 0. The van der Waals surface area contributed by atoms with Crippen LogP contribution in [0.5, 0.6) is 0 Å². The van der Waals surface area contributed by atoms with Crippen molar-refractivity contribution in [2.45, 2.75) is 0 Å². The van der Waals surface area contributed by atoms with Gasteiger partial charge in [0.1, 0.15) is 0 Å². The number of nitrogens with one attached hydrogen (secondary N) is 1. The molecule has 0 fully saturated rings. The van der Waals surface area contributed by atoms with Gasteiger partial charge in [0, 0.05) is 26.8 Å². The van der Waals surface area contributed by atoms with E-state index in [0.717, 1.165) is 16.0 Å². The normalized spacial score (nSPS) is 10.1. The number of anilines is 1. The summed E-state index contributed by atoms with van der Waals surface area (Å²) in [7, 11) is 0. The quantitative estimate of drug-likeness (QED) is 0.919. The Hall–Kier alpha value is -0.860. The van der Waals surface area contributed by atoms with Gasteiger partial charge in [0.15, 0.2) is 0 Å². The summed E-state index contributed by atoms with van der Waals surface area (Å²) < 4.78 is 4.31. The Labute approximate surface area is 95.5 Å². The summed E-state index contributed by atoms with van der Waals surface area (Å²) in [6, 6.07) is 0. The van der Waals surface area contributed by atoms with Crippen LogP contribution in [-0.2, 0) is 0 Å². The number of carbonyl (C=O) groups is 1. The summed E-state index contributed by atoms with van der Waals surface area (Å²) in [5, 5.41) is 13.6. The lowest BCUT2D eigenvalue weighted by Gasteiger charge is -1.97. The lowest BCUT2D eigenvalue weighted by atomic mass is 10.3. The molecular formula is C6H3BrN4OS2. The Morgan fingerprint density at radius 3 is 2.93 bits per heavy atom. The van der Waals surface area contributed by atoms with Crippen molar-refractivity contribution in [1.29, 1.82) is 0 Å². The van der Waals surface area contributed by atoms with E-state index < -0.39 is 0 Å². The van der Waals surface area contributed by atoms with Crippen molar-refractivity contribution in [2.24, 2.45) is 0 Å². The molecule has 5 nitrogen and oxygen atoms in total. The van der Waals surface area contributed by atoms with Crippen molar-refractivity contribution in [3.8, 4) is 0 Å². The lowest BCUT2D eigenvalue weighted by Crippen LogP contribution is -2.11. The minimum atomic E-state index is -0.211. The smallest absolute Gasteiger partial charge is 0.259 e. The van der Waals surface area contributed by atoms with E-state index in [2.05, 4.69) is 36.0 Å². The van der Waals surface area contributed by atoms with Crippen LogP contribution in [0.25, 0.3) is 0 Å². The molecule has 1 N–H and O–H groups in total. The number of nitrogens with zero attached hydrogens (tertiary/aromatic N) is 3. The molecule has 2 heterocycles. The fourth-order valence-corrected chi connectivity index (χ4v) is 2.61. The fourth-order valence-electron chi connectivity index (χ4n) is 0.790. The van der Waals surface area contributed by atoms with Gasteiger partial charge in [0.05, 0.1) is 5.56 Å². The molecule has 0 aromatic carbocycles. The highest BCUT2D eigenvalue weighted by molar-refractivity contribution is 9.10. The van der Waals surface area contributed by atoms with Gasteiger partial charge in [-0.15, -0.1) is 0 Å². The van der Waals surface area contributed by atoms with E-state index in [1.807, 2.05) is 5.38 Å². The molecule has 1 amide bonds. The van der Waals surface area contributed by atoms with E-state index >= 15 is 0 Å². The van der Waals surface area contributed by atoms with Gasteiger partial charge in [-0.05, 0) is 21.1 Å². The lowest BCUT2D eigenvalue weighted by molar-refractivity contribution is 0.102. The van der Waals surface area contributed by atoms with Gasteiger partial charge in [0.25, 0.3) is 5.91 Å². The zero-order valence-corrected chi connectivity index (χ0v) is 9.82. The predicted molar refractivity (Wildman–Crippen MR) is 57.7 cm³/mol. The standard InChI is InChI=1S/C6H3BrN4OS2/c7-4-2-13-1-3(4)5(12)8-6-9-10-11-14-6/h1-2H,(H,8,9,11,12). The molecule has 0 radical (unpaired) electrons. The monoisotopic (exact) mass is 290 g/mol. The molecule has 0 aliphatic heterocycles. The summed E-state index contributed by atoms with van der Waals surface area (Å²) >= 11 is 5.76. The van der Waals surface area contributed by atoms with E-state index in [1.54, 1.807) is 5.38 Å². The van der Waals surface area contributed by atoms with Gasteiger partial charge >= 0.3 is 0 Å². The third-order valence-electron chi connectivity index (χ3n) is 1.38. The molecule has 14 heavy (non-hydrogen) atoms. The highest BCUT2D eigenvalue weighted by Gasteiger charge is 2.12. The summed E-state index contributed by atoms with van der Waals surface area (Å²) in [5.41, 5.74) is 0.588. The number of rotatable bonds is 2. The SMILES string of the molecule is O=C(Nc1nnns1)c1cscc1Br. The third-order valence-corrected chi connectivity index (χ3v) is 3.59. The van der Waals surface area contributed by atoms with Crippen LogP contribution in [0.2, 0.25) is 0 Å². The molecule has 0 spiro atoms. The number of hydrogen-bond donors (Lipinski definition) is 1. The van der Waals surface area contributed by atoms with Crippen LogP contribution in [0.15, 0.2) is 15.2 Å². The first-order valence-corrected chi connectivity index (χ1v) is 5.96. The predicted octanol–water partition coefficient (Wildman–Crippen LogP) is 2.01. The zero-order valence-electron chi connectivity index (χ0n) is 6.60. The van der Waals surface area contributed by atoms with Crippen LogP contribution in [0, 0.1) is 0 Å². The van der Waals surface area contributed by atoms with E-state index in [-0.39, 0.29) is 5.91 Å². The molecule has 0 saturated heterocycles. The first kappa shape index (κ1) is 9.69. The first-order chi connectivity index (χ1) is 6.77. The topological polar surface area (TPSA) is 67.8 Å². The average molecular weight is 291 g/mol. The highest BCUT2D eigenvalue weighted by Crippen LogP contribution is 2.22. The third kappa shape index (κ3) is 1.97. The van der Waals surface area contributed by atoms with Crippen LogP contribution in [0.4, 0.5) is 5.13 Å². The molecule has 72 valence electrons. The minimum Gasteiger partial charge on any atom is -0.295 e. The number of thiophene rings is 1. The number of amides is 1. The van der Waals surface area contributed by atoms with E-state index in [9.17, 15) is 4.79 Å². The molecule has 2 aromatic rings. The number of halogens is 1. The van der Waals surface area contributed by atoms with Crippen molar-refractivity contribution in [3.05, 3.63) is 20.8 Å². The maximum atomic E-state index is 11.6. The molecule has 0 aliphatic rings. The largest absolute Gasteiger partial charge is 0.295 e. The Kier molecular flexibility index (Phi) is 2.85. The minimum absolute atomic E-state index is 0.211. The second-order valence-corrected chi connectivity index (χ2v) is 4.59. The summed E-state index contributed by atoms with van der Waals surface area (Å²) in [6.07, 6.45) is 0. The van der Waals surface area contributed by atoms with E-state index in [1.165, 1.54) is 11.3 Å². The Balaban J connectivity index is 2.14. The molecule has 2 rings (SSSR count). The van der Waals surface area contributed by atoms with Crippen molar-refractivity contribution >= 4 is 49.8 Å². The van der Waals surface area contributed by atoms with Gasteiger partial charge < -0.3 is 0 Å². The molecule has 0 bridgehead atoms. The molecule has 0 saturated carbocycles. The Bertz CT molecular complexity index is 440. The highest BCUT2D eigenvalue weighted by atomic mass is 79.9. The van der Waals surface area contributed by atoms with Crippen LogP contribution in [0.3, 0.4) is 0 Å². The second-order valence-electron chi connectivity index (χ2n) is 2.26. The average Bonchev–Trinajstić information content (AvgIpc) is 2.75. The molecule has 2 aromatic heterocycles. The number of aromatic nitrogens is 3. The van der Waals surface area contributed by atoms with Gasteiger partial charge in [-0.1, -0.05) is 9.59 Å². The van der Waals surface area contributed by atoms with Gasteiger partial charge in [-0.25, -0.2) is 0 Å². The van der Waals surface area contributed by atoms with E-state index in [0.29, 0.717) is 10.7 Å². The number of carbonyl (C=O) groups excluding carboxylic acids is 1. The fraction of sp³-hybridized carbons (Fsp3) is 0. The van der Waals surface area contributed by atoms with Crippen LogP contribution in [-0.4, -0.2) is 20.7 Å². The van der Waals surface area contributed by atoms with Crippen molar-refractivity contribution in [1.82, 2.24) is 14.8 Å². The van der Waals surface area contributed by atoms with Crippen LogP contribution >= 0.6 is 38.8 Å². The molecule has 0 atom stereocenters. The van der Waals surface area contributed by atoms with Crippen LogP contribution < -0.4 is 5.32 Å².